The number of rotatable bonds is 2. The van der Waals surface area contributed by atoms with E-state index >= 15 is 0 Å². The minimum absolute atomic E-state index is 0.0586. The first-order chi connectivity index (χ1) is 3.13. The van der Waals surface area contributed by atoms with Gasteiger partial charge in [0.05, 0.1) is 6.42 Å². The predicted molar refractivity (Wildman–Crippen MR) is 30.2 cm³/mol. The van der Waals surface area contributed by atoms with Crippen LogP contribution in [0.1, 0.15) is 13.3 Å². The molecular weight excluding hydrogens is 112 g/mol. The predicted octanol–water partition coefficient (Wildman–Crippen LogP) is 0.943. The second kappa shape index (κ2) is 2.91. The van der Waals surface area contributed by atoms with Gasteiger partial charge >= 0.3 is 5.97 Å². The van der Waals surface area contributed by atoms with Gasteiger partial charge in [-0.1, -0.05) is 0 Å². The summed E-state index contributed by atoms with van der Waals surface area (Å²) in [4.78, 5) is 9.74. The molecule has 0 aliphatic rings. The summed E-state index contributed by atoms with van der Waals surface area (Å²) in [5.74, 6) is -0.826. The van der Waals surface area contributed by atoms with Crippen LogP contribution < -0.4 is 0 Å². The van der Waals surface area contributed by atoms with Crippen LogP contribution in [0.15, 0.2) is 0 Å². The molecule has 0 rings (SSSR count). The number of carboxylic acid groups (broad SMARTS) is 1. The minimum atomic E-state index is -0.826. The highest BCUT2D eigenvalue weighted by atomic mass is 32.1. The molecule has 3 heteroatoms. The van der Waals surface area contributed by atoms with E-state index in [2.05, 4.69) is 12.6 Å². The van der Waals surface area contributed by atoms with Gasteiger partial charge in [-0.2, -0.15) is 12.6 Å². The first kappa shape index (κ1) is 6.82. The van der Waals surface area contributed by atoms with Crippen molar-refractivity contribution in [2.75, 3.05) is 0 Å². The summed E-state index contributed by atoms with van der Waals surface area (Å²) in [7, 11) is 0. The number of hydrogen-bond donors (Lipinski definition) is 2. The lowest BCUT2D eigenvalue weighted by Crippen LogP contribution is -1.95. The maximum atomic E-state index is 9.74. The molecular formula is C4H7O2S. The SMILES string of the molecule is C[C](S)CC(=O)O. The standard InChI is InChI=1S/C4H7O2S/c1-3(7)2-4(5)6/h7H,2H2,1H3,(H,5,6). The fourth-order valence-electron chi connectivity index (χ4n) is 0.219. The Morgan fingerprint density at radius 1 is 1.86 bits per heavy atom. The second-order valence-corrected chi connectivity index (χ2v) is 2.07. The Morgan fingerprint density at radius 3 is 2.29 bits per heavy atom. The molecule has 2 nitrogen and oxygen atoms in total. The molecule has 0 aromatic heterocycles. The van der Waals surface area contributed by atoms with Gasteiger partial charge in [0.1, 0.15) is 0 Å². The van der Waals surface area contributed by atoms with E-state index in [1.54, 1.807) is 6.92 Å². The van der Waals surface area contributed by atoms with Crippen LogP contribution in [-0.4, -0.2) is 11.1 Å². The van der Waals surface area contributed by atoms with Crippen LogP contribution in [0.4, 0.5) is 0 Å². The van der Waals surface area contributed by atoms with Gasteiger partial charge in [0.25, 0.3) is 0 Å². The quantitative estimate of drug-likeness (QED) is 0.531. The average Bonchev–Trinajstić information content (AvgIpc) is 1.27. The highest BCUT2D eigenvalue weighted by molar-refractivity contribution is 7.83. The molecule has 0 atom stereocenters. The van der Waals surface area contributed by atoms with Crippen molar-refractivity contribution in [2.45, 2.75) is 13.3 Å². The fourth-order valence-corrected chi connectivity index (χ4v) is 0.354. The highest BCUT2D eigenvalue weighted by Gasteiger charge is 2.00. The van der Waals surface area contributed by atoms with Crippen LogP contribution in [0.2, 0.25) is 0 Å². The van der Waals surface area contributed by atoms with E-state index in [1.807, 2.05) is 0 Å². The molecule has 0 saturated heterocycles. The van der Waals surface area contributed by atoms with Crippen molar-refractivity contribution in [1.82, 2.24) is 0 Å². The molecule has 0 aliphatic heterocycles. The van der Waals surface area contributed by atoms with Gasteiger partial charge in [-0.05, 0) is 6.92 Å². The van der Waals surface area contributed by atoms with Crippen LogP contribution in [0.25, 0.3) is 0 Å². The third-order valence-electron chi connectivity index (χ3n) is 0.407. The minimum Gasteiger partial charge on any atom is -0.481 e. The third-order valence-corrected chi connectivity index (χ3v) is 0.565. The third kappa shape index (κ3) is 5.82. The molecule has 7 heavy (non-hydrogen) atoms. The van der Waals surface area contributed by atoms with Crippen molar-refractivity contribution < 1.29 is 9.90 Å². The van der Waals surface area contributed by atoms with Crippen LogP contribution in [0.5, 0.6) is 0 Å². The molecule has 0 heterocycles. The maximum absolute atomic E-state index is 9.74. The molecule has 0 bridgehead atoms. The number of thiol groups is 1. The molecule has 0 unspecified atom stereocenters. The van der Waals surface area contributed by atoms with Gasteiger partial charge in [-0.15, -0.1) is 0 Å². The van der Waals surface area contributed by atoms with Crippen molar-refractivity contribution in [1.29, 1.82) is 0 Å². The largest absolute Gasteiger partial charge is 0.481 e. The topological polar surface area (TPSA) is 37.3 Å². The number of carbonyl (C=O) groups is 1. The molecule has 0 aliphatic carbocycles. The van der Waals surface area contributed by atoms with Crippen molar-refractivity contribution in [2.24, 2.45) is 0 Å². The number of carboxylic acids is 1. The summed E-state index contributed by atoms with van der Waals surface area (Å²) < 4.78 is 0. The van der Waals surface area contributed by atoms with E-state index in [0.717, 1.165) is 0 Å². The zero-order chi connectivity index (χ0) is 5.86. The summed E-state index contributed by atoms with van der Waals surface area (Å²) in [6.07, 6.45) is 0.0586. The van der Waals surface area contributed by atoms with Crippen LogP contribution in [0, 0.1) is 5.25 Å². The molecule has 0 saturated carbocycles. The first-order valence-electron chi connectivity index (χ1n) is 1.86. The zero-order valence-electron chi connectivity index (χ0n) is 4.01. The Balaban J connectivity index is 3.13. The normalized spacial score (nSPS) is 9.57. The van der Waals surface area contributed by atoms with Crippen molar-refractivity contribution >= 4 is 18.6 Å². The summed E-state index contributed by atoms with van der Waals surface area (Å²) in [5, 5.41) is 8.65. The van der Waals surface area contributed by atoms with Gasteiger partial charge in [-0.3, -0.25) is 4.79 Å². The van der Waals surface area contributed by atoms with Gasteiger partial charge < -0.3 is 5.11 Å². The molecule has 1 radical (unpaired) electrons. The second-order valence-electron chi connectivity index (χ2n) is 1.31. The Kier molecular flexibility index (Phi) is 2.83. The smallest absolute Gasteiger partial charge is 0.304 e. The lowest BCUT2D eigenvalue weighted by Gasteiger charge is -1.92. The number of hydrogen-bond acceptors (Lipinski definition) is 2. The molecule has 1 N–H and O–H groups in total. The lowest BCUT2D eigenvalue weighted by atomic mass is 10.3. The van der Waals surface area contributed by atoms with E-state index in [4.69, 9.17) is 5.11 Å². The van der Waals surface area contributed by atoms with Gasteiger partial charge in [0, 0.05) is 5.25 Å². The van der Waals surface area contributed by atoms with Crippen molar-refractivity contribution in [3.05, 3.63) is 5.25 Å². The fraction of sp³-hybridized carbons (Fsp3) is 0.500. The van der Waals surface area contributed by atoms with E-state index in [1.165, 1.54) is 0 Å². The molecule has 0 spiro atoms. The van der Waals surface area contributed by atoms with Crippen LogP contribution >= 0.6 is 12.6 Å². The van der Waals surface area contributed by atoms with E-state index in [-0.39, 0.29) is 6.42 Å². The zero-order valence-corrected chi connectivity index (χ0v) is 4.90. The highest BCUT2D eigenvalue weighted by Crippen LogP contribution is 2.07. The number of aliphatic carboxylic acids is 1. The average molecular weight is 119 g/mol. The molecule has 0 amide bonds. The molecule has 0 aromatic rings. The van der Waals surface area contributed by atoms with Crippen molar-refractivity contribution in [3.8, 4) is 0 Å². The first-order valence-corrected chi connectivity index (χ1v) is 2.31. The Morgan fingerprint density at radius 2 is 2.29 bits per heavy atom. The maximum Gasteiger partial charge on any atom is 0.304 e. The Bertz CT molecular complexity index is 70.1. The summed E-state index contributed by atoms with van der Waals surface area (Å²) in [5.41, 5.74) is 0. The molecule has 0 aromatic carbocycles. The van der Waals surface area contributed by atoms with Gasteiger partial charge in [0.15, 0.2) is 0 Å². The summed E-state index contributed by atoms with van der Waals surface area (Å²) in [6.45, 7) is 1.66. The van der Waals surface area contributed by atoms with Gasteiger partial charge in [-0.25, -0.2) is 0 Å². The van der Waals surface area contributed by atoms with E-state index in [9.17, 15) is 4.79 Å². The van der Waals surface area contributed by atoms with E-state index in [0.29, 0.717) is 5.25 Å². The summed E-state index contributed by atoms with van der Waals surface area (Å²) >= 11 is 3.77. The van der Waals surface area contributed by atoms with Crippen LogP contribution in [-0.2, 0) is 4.79 Å². The summed E-state index contributed by atoms with van der Waals surface area (Å²) in [6, 6.07) is 0. The van der Waals surface area contributed by atoms with Gasteiger partial charge in [0.2, 0.25) is 0 Å². The van der Waals surface area contributed by atoms with Crippen molar-refractivity contribution in [3.63, 3.8) is 0 Å². The van der Waals surface area contributed by atoms with E-state index < -0.39 is 5.97 Å². The lowest BCUT2D eigenvalue weighted by molar-refractivity contribution is -0.136. The Labute approximate surface area is 47.9 Å². The molecule has 41 valence electrons. The monoisotopic (exact) mass is 119 g/mol. The molecule has 0 fully saturated rings. The Hall–Kier alpha value is -0.180. The van der Waals surface area contributed by atoms with Crippen LogP contribution in [0.3, 0.4) is 0 Å².